The molecule has 102 valence electrons. The van der Waals surface area contributed by atoms with Crippen molar-refractivity contribution in [3.8, 4) is 16.9 Å². The van der Waals surface area contributed by atoms with Gasteiger partial charge in [0.05, 0.1) is 22.7 Å². The van der Waals surface area contributed by atoms with Gasteiger partial charge in [0.15, 0.2) is 0 Å². The maximum atomic E-state index is 11.0. The van der Waals surface area contributed by atoms with Gasteiger partial charge in [-0.1, -0.05) is 17.4 Å². The highest BCUT2D eigenvalue weighted by Gasteiger charge is 2.23. The summed E-state index contributed by atoms with van der Waals surface area (Å²) in [4.78, 5) is 10.9. The average Bonchev–Trinajstić information content (AvgIpc) is 2.83. The highest BCUT2D eigenvalue weighted by Crippen LogP contribution is 2.41. The van der Waals surface area contributed by atoms with Crippen LogP contribution in [0, 0.1) is 21.4 Å². The van der Waals surface area contributed by atoms with E-state index in [1.165, 1.54) is 19.1 Å². The standard InChI is InChI=1S/C13H10N2O4S/c1-8(16)12-6-11(15(17)18)13(20-12)19-10-4-2-3-9(5-10)7-14/h2-6,8,16H,1H3/t8-/m0/s1. The summed E-state index contributed by atoms with van der Waals surface area (Å²) in [5.41, 5.74) is 0.200. The first-order chi connectivity index (χ1) is 9.51. The van der Waals surface area contributed by atoms with Gasteiger partial charge in [0.25, 0.3) is 5.06 Å². The third kappa shape index (κ3) is 2.93. The lowest BCUT2D eigenvalue weighted by Crippen LogP contribution is -1.89. The SMILES string of the molecule is C[C@H](O)c1cc([N+](=O)[O-])c(Oc2cccc(C#N)c2)s1. The zero-order chi connectivity index (χ0) is 14.7. The monoisotopic (exact) mass is 290 g/mol. The molecule has 0 fully saturated rings. The molecule has 0 aliphatic carbocycles. The fraction of sp³-hybridized carbons (Fsp3) is 0.154. The quantitative estimate of drug-likeness (QED) is 0.687. The number of ether oxygens (including phenoxy) is 1. The molecule has 1 atom stereocenters. The Labute approximate surface area is 118 Å². The molecule has 0 spiro atoms. The van der Waals surface area contributed by atoms with Crippen molar-refractivity contribution in [1.29, 1.82) is 5.26 Å². The number of nitro groups is 1. The van der Waals surface area contributed by atoms with E-state index in [1.54, 1.807) is 18.2 Å². The van der Waals surface area contributed by atoms with Gasteiger partial charge in [0.2, 0.25) is 0 Å². The molecule has 0 radical (unpaired) electrons. The van der Waals surface area contributed by atoms with E-state index in [2.05, 4.69) is 0 Å². The van der Waals surface area contributed by atoms with E-state index in [1.807, 2.05) is 6.07 Å². The van der Waals surface area contributed by atoms with Crippen LogP contribution >= 0.6 is 11.3 Å². The molecule has 0 unspecified atom stereocenters. The van der Waals surface area contributed by atoms with Crippen LogP contribution in [0.15, 0.2) is 30.3 Å². The summed E-state index contributed by atoms with van der Waals surface area (Å²) in [7, 11) is 0. The molecule has 20 heavy (non-hydrogen) atoms. The van der Waals surface area contributed by atoms with Crippen LogP contribution in [0.1, 0.15) is 23.5 Å². The van der Waals surface area contributed by atoms with Crippen LogP contribution in [-0.2, 0) is 0 Å². The molecule has 1 aromatic heterocycles. The maximum Gasteiger partial charge on any atom is 0.323 e. The zero-order valence-corrected chi connectivity index (χ0v) is 11.3. The number of aliphatic hydroxyl groups is 1. The molecule has 0 bridgehead atoms. The average molecular weight is 290 g/mol. The second-order valence-electron chi connectivity index (χ2n) is 4.00. The lowest BCUT2D eigenvalue weighted by Gasteiger charge is -2.02. The fourth-order valence-electron chi connectivity index (χ4n) is 1.52. The Hall–Kier alpha value is -2.43. The van der Waals surface area contributed by atoms with Crippen molar-refractivity contribution in [2.24, 2.45) is 0 Å². The van der Waals surface area contributed by atoms with Gasteiger partial charge < -0.3 is 9.84 Å². The van der Waals surface area contributed by atoms with Gasteiger partial charge in [0, 0.05) is 10.9 Å². The van der Waals surface area contributed by atoms with Crippen molar-refractivity contribution >= 4 is 17.0 Å². The smallest absolute Gasteiger partial charge is 0.323 e. The number of aliphatic hydroxyl groups excluding tert-OH is 1. The Morgan fingerprint density at radius 3 is 2.85 bits per heavy atom. The largest absolute Gasteiger partial charge is 0.440 e. The molecule has 0 aliphatic rings. The first-order valence-electron chi connectivity index (χ1n) is 5.65. The summed E-state index contributed by atoms with van der Waals surface area (Å²) in [6.45, 7) is 1.52. The summed E-state index contributed by atoms with van der Waals surface area (Å²) in [6.07, 6.45) is -0.804. The van der Waals surface area contributed by atoms with E-state index in [9.17, 15) is 15.2 Å². The number of benzene rings is 1. The zero-order valence-electron chi connectivity index (χ0n) is 10.4. The van der Waals surface area contributed by atoms with Crippen molar-refractivity contribution in [1.82, 2.24) is 0 Å². The topological polar surface area (TPSA) is 96.4 Å². The number of nitrogens with zero attached hydrogens (tertiary/aromatic N) is 2. The summed E-state index contributed by atoms with van der Waals surface area (Å²) in [6, 6.07) is 9.58. The predicted molar refractivity (Wildman–Crippen MR) is 72.8 cm³/mol. The molecule has 2 rings (SSSR count). The van der Waals surface area contributed by atoms with Gasteiger partial charge in [-0.2, -0.15) is 5.26 Å². The van der Waals surface area contributed by atoms with Gasteiger partial charge in [-0.25, -0.2) is 0 Å². The van der Waals surface area contributed by atoms with E-state index < -0.39 is 11.0 Å². The van der Waals surface area contributed by atoms with E-state index in [0.29, 0.717) is 16.2 Å². The van der Waals surface area contributed by atoms with Crippen molar-refractivity contribution in [2.45, 2.75) is 13.0 Å². The van der Waals surface area contributed by atoms with Crippen LogP contribution in [0.25, 0.3) is 0 Å². The fourth-order valence-corrected chi connectivity index (χ4v) is 2.46. The number of thiophene rings is 1. The summed E-state index contributed by atoms with van der Waals surface area (Å²) in [5.74, 6) is 0.339. The number of hydrogen-bond acceptors (Lipinski definition) is 6. The normalized spacial score (nSPS) is 11.7. The van der Waals surface area contributed by atoms with Gasteiger partial charge in [0.1, 0.15) is 5.75 Å². The van der Waals surface area contributed by atoms with Gasteiger partial charge >= 0.3 is 5.69 Å². The second-order valence-corrected chi connectivity index (χ2v) is 5.04. The van der Waals surface area contributed by atoms with E-state index in [0.717, 1.165) is 11.3 Å². The molecule has 2 aromatic rings. The van der Waals surface area contributed by atoms with E-state index >= 15 is 0 Å². The highest BCUT2D eigenvalue weighted by atomic mass is 32.1. The van der Waals surface area contributed by atoms with Crippen molar-refractivity contribution in [3.05, 3.63) is 50.9 Å². The first-order valence-corrected chi connectivity index (χ1v) is 6.47. The lowest BCUT2D eigenvalue weighted by molar-refractivity contribution is -0.385. The molecular formula is C13H10N2O4S. The molecule has 1 aromatic carbocycles. The summed E-state index contributed by atoms with van der Waals surface area (Å²) >= 11 is 1.01. The van der Waals surface area contributed by atoms with Crippen LogP contribution in [0.5, 0.6) is 10.8 Å². The molecule has 6 nitrogen and oxygen atoms in total. The van der Waals surface area contributed by atoms with Crippen molar-refractivity contribution in [2.75, 3.05) is 0 Å². The Bertz CT molecular complexity index is 688. The van der Waals surface area contributed by atoms with E-state index in [-0.39, 0.29) is 10.8 Å². The molecule has 7 heteroatoms. The van der Waals surface area contributed by atoms with Crippen molar-refractivity contribution in [3.63, 3.8) is 0 Å². The minimum atomic E-state index is -0.804. The molecular weight excluding hydrogens is 280 g/mol. The Morgan fingerprint density at radius 1 is 1.50 bits per heavy atom. The highest BCUT2D eigenvalue weighted by molar-refractivity contribution is 7.14. The molecule has 1 heterocycles. The van der Waals surface area contributed by atoms with Crippen LogP contribution < -0.4 is 4.74 Å². The second kappa shape index (κ2) is 5.69. The van der Waals surface area contributed by atoms with Crippen molar-refractivity contribution < 1.29 is 14.8 Å². The third-order valence-electron chi connectivity index (χ3n) is 2.48. The number of hydrogen-bond donors (Lipinski definition) is 1. The molecule has 1 N–H and O–H groups in total. The summed E-state index contributed by atoms with van der Waals surface area (Å²) in [5, 5.41) is 29.3. The Kier molecular flexibility index (Phi) is 3.98. The molecule has 0 aliphatic heterocycles. The Morgan fingerprint density at radius 2 is 2.25 bits per heavy atom. The number of nitriles is 1. The minimum absolute atomic E-state index is 0.0842. The minimum Gasteiger partial charge on any atom is -0.440 e. The number of rotatable bonds is 4. The Balaban J connectivity index is 2.37. The molecule has 0 amide bonds. The van der Waals surface area contributed by atoms with E-state index in [4.69, 9.17) is 10.00 Å². The van der Waals surface area contributed by atoms with Gasteiger partial charge in [-0.05, 0) is 25.1 Å². The van der Waals surface area contributed by atoms with Crippen LogP contribution in [0.2, 0.25) is 0 Å². The summed E-state index contributed by atoms with van der Waals surface area (Å²) < 4.78 is 5.46. The first kappa shape index (κ1) is 14.0. The predicted octanol–water partition coefficient (Wildman–Crippen LogP) is 3.37. The molecule has 0 saturated heterocycles. The third-order valence-corrected chi connectivity index (χ3v) is 3.65. The molecule has 0 saturated carbocycles. The lowest BCUT2D eigenvalue weighted by atomic mass is 10.2. The van der Waals surface area contributed by atoms with Crippen LogP contribution in [-0.4, -0.2) is 10.0 Å². The van der Waals surface area contributed by atoms with Crippen LogP contribution in [0.3, 0.4) is 0 Å². The van der Waals surface area contributed by atoms with Gasteiger partial charge in [-0.3, -0.25) is 10.1 Å². The maximum absolute atomic E-state index is 11.0. The van der Waals surface area contributed by atoms with Crippen LogP contribution in [0.4, 0.5) is 5.69 Å². The van der Waals surface area contributed by atoms with Gasteiger partial charge in [-0.15, -0.1) is 0 Å².